The lowest BCUT2D eigenvalue weighted by Crippen LogP contribution is -2.14. The maximum atomic E-state index is 9.98. The van der Waals surface area contributed by atoms with E-state index in [0.29, 0.717) is 28.1 Å². The highest BCUT2D eigenvalue weighted by molar-refractivity contribution is 6.30. The number of hydrogen-bond acceptors (Lipinski definition) is 5. The van der Waals surface area contributed by atoms with E-state index < -0.39 is 0 Å². The molecule has 3 heterocycles. The molecule has 5 aromatic rings. The minimum absolute atomic E-state index is 0.141. The van der Waals surface area contributed by atoms with E-state index in [9.17, 15) is 5.11 Å². The first kappa shape index (κ1) is 17.9. The van der Waals surface area contributed by atoms with E-state index in [0.717, 1.165) is 22.3 Å². The van der Waals surface area contributed by atoms with Crippen LogP contribution >= 0.6 is 11.6 Å². The second-order valence-corrected chi connectivity index (χ2v) is 7.78. The van der Waals surface area contributed by atoms with Gasteiger partial charge in [0.15, 0.2) is 11.5 Å². The van der Waals surface area contributed by atoms with E-state index in [4.69, 9.17) is 21.3 Å². The minimum atomic E-state index is -0.168. The Morgan fingerprint density at radius 3 is 2.58 bits per heavy atom. The third-order valence-electron chi connectivity index (χ3n) is 5.43. The summed E-state index contributed by atoms with van der Waals surface area (Å²) in [6, 6.07) is 22.7. The number of aromatic hydroxyl groups is 1. The highest BCUT2D eigenvalue weighted by Crippen LogP contribution is 2.48. The number of halogens is 1. The molecule has 3 aromatic carbocycles. The number of phenolic OH excluding ortho intramolecular Hbond substituents is 1. The van der Waals surface area contributed by atoms with Gasteiger partial charge < -0.3 is 9.84 Å². The Bertz CT molecular complexity index is 1430. The zero-order chi connectivity index (χ0) is 20.9. The summed E-state index contributed by atoms with van der Waals surface area (Å²) in [5.41, 5.74) is 4.37. The van der Waals surface area contributed by atoms with Crippen LogP contribution in [0.4, 0.5) is 0 Å². The lowest BCUT2D eigenvalue weighted by molar-refractivity contribution is 0.422. The first-order chi connectivity index (χ1) is 15.2. The number of nitrogens with zero attached hydrogens (tertiary/aromatic N) is 4. The molecule has 1 atom stereocenters. The number of ether oxygens (including phenoxy) is 1. The molecule has 150 valence electrons. The molecular formula is C24H15ClN4O2. The molecule has 2 aromatic heterocycles. The van der Waals surface area contributed by atoms with Gasteiger partial charge >= 0.3 is 0 Å². The molecule has 0 unspecified atom stereocenters. The molecule has 1 aliphatic rings. The highest BCUT2D eigenvalue weighted by Gasteiger charge is 2.33. The van der Waals surface area contributed by atoms with Crippen LogP contribution in [0.15, 0.2) is 79.1 Å². The van der Waals surface area contributed by atoms with Crippen LogP contribution in [0.2, 0.25) is 5.02 Å². The van der Waals surface area contributed by atoms with Gasteiger partial charge in [0.25, 0.3) is 0 Å². The van der Waals surface area contributed by atoms with E-state index in [-0.39, 0.29) is 11.7 Å². The van der Waals surface area contributed by atoms with Crippen molar-refractivity contribution in [3.63, 3.8) is 0 Å². The first-order valence-corrected chi connectivity index (χ1v) is 10.1. The molecule has 0 fully saturated rings. The van der Waals surface area contributed by atoms with Crippen LogP contribution in [-0.4, -0.2) is 24.7 Å². The zero-order valence-corrected chi connectivity index (χ0v) is 16.9. The van der Waals surface area contributed by atoms with Gasteiger partial charge in [0, 0.05) is 28.1 Å². The lowest BCUT2D eigenvalue weighted by Gasteiger charge is -2.27. The number of rotatable bonds is 2. The van der Waals surface area contributed by atoms with Gasteiger partial charge in [-0.2, -0.15) is 0 Å². The molecule has 0 radical (unpaired) electrons. The predicted molar refractivity (Wildman–Crippen MR) is 117 cm³/mol. The SMILES string of the molecule is Oc1ccc2c(c1)Oc1ncn3nc(-c4ccc(Cl)cc4)nc3c1[C@@H]2c1ccccc1. The third kappa shape index (κ3) is 2.92. The summed E-state index contributed by atoms with van der Waals surface area (Å²) in [5.74, 6) is 1.59. The largest absolute Gasteiger partial charge is 0.508 e. The lowest BCUT2D eigenvalue weighted by atomic mass is 9.84. The Labute approximate surface area is 182 Å². The Morgan fingerprint density at radius 1 is 0.968 bits per heavy atom. The van der Waals surface area contributed by atoms with Crippen LogP contribution in [0.3, 0.4) is 0 Å². The topological polar surface area (TPSA) is 72.5 Å². The molecule has 0 saturated heterocycles. The van der Waals surface area contributed by atoms with Crippen LogP contribution in [-0.2, 0) is 0 Å². The molecule has 6 nitrogen and oxygen atoms in total. The van der Waals surface area contributed by atoms with Crippen molar-refractivity contribution in [3.8, 4) is 28.8 Å². The molecule has 0 amide bonds. The van der Waals surface area contributed by atoms with Crippen molar-refractivity contribution < 1.29 is 9.84 Å². The molecule has 0 spiro atoms. The monoisotopic (exact) mass is 426 g/mol. The van der Waals surface area contributed by atoms with Gasteiger partial charge in [-0.15, -0.1) is 5.10 Å². The van der Waals surface area contributed by atoms with Crippen molar-refractivity contribution in [2.45, 2.75) is 5.92 Å². The molecule has 0 saturated carbocycles. The fraction of sp³-hybridized carbons (Fsp3) is 0.0417. The highest BCUT2D eigenvalue weighted by atomic mass is 35.5. The Hall–Kier alpha value is -3.90. The van der Waals surface area contributed by atoms with E-state index in [1.54, 1.807) is 23.0 Å². The van der Waals surface area contributed by atoms with Gasteiger partial charge in [-0.3, -0.25) is 0 Å². The molecule has 31 heavy (non-hydrogen) atoms. The summed E-state index contributed by atoms with van der Waals surface area (Å²) in [5, 5.41) is 15.3. The molecule has 1 aliphatic heterocycles. The van der Waals surface area contributed by atoms with Gasteiger partial charge in [-0.1, -0.05) is 48.0 Å². The van der Waals surface area contributed by atoms with Crippen LogP contribution in [0.5, 0.6) is 17.4 Å². The van der Waals surface area contributed by atoms with Crippen molar-refractivity contribution in [1.82, 2.24) is 19.6 Å². The van der Waals surface area contributed by atoms with E-state index in [2.05, 4.69) is 22.2 Å². The molecule has 0 aliphatic carbocycles. The average molecular weight is 427 g/mol. The van der Waals surface area contributed by atoms with Crippen molar-refractivity contribution in [2.24, 2.45) is 0 Å². The van der Waals surface area contributed by atoms with Gasteiger partial charge in [-0.05, 0) is 35.9 Å². The van der Waals surface area contributed by atoms with Crippen LogP contribution in [0, 0.1) is 0 Å². The molecular weight excluding hydrogens is 412 g/mol. The number of benzene rings is 3. The average Bonchev–Trinajstić information content (AvgIpc) is 3.23. The van der Waals surface area contributed by atoms with E-state index in [1.807, 2.05) is 48.5 Å². The molecule has 6 rings (SSSR count). The van der Waals surface area contributed by atoms with Crippen molar-refractivity contribution in [3.05, 3.63) is 101 Å². The summed E-state index contributed by atoms with van der Waals surface area (Å²) in [7, 11) is 0. The smallest absolute Gasteiger partial charge is 0.228 e. The van der Waals surface area contributed by atoms with E-state index >= 15 is 0 Å². The molecule has 0 bridgehead atoms. The summed E-state index contributed by atoms with van der Waals surface area (Å²) in [4.78, 5) is 9.34. The summed E-state index contributed by atoms with van der Waals surface area (Å²) < 4.78 is 7.75. The van der Waals surface area contributed by atoms with Gasteiger partial charge in [0.1, 0.15) is 17.8 Å². The second kappa shape index (κ2) is 6.82. The zero-order valence-electron chi connectivity index (χ0n) is 16.1. The quantitative estimate of drug-likeness (QED) is 0.399. The molecule has 7 heteroatoms. The fourth-order valence-electron chi connectivity index (χ4n) is 4.02. The van der Waals surface area contributed by atoms with Gasteiger partial charge in [0.05, 0.1) is 5.56 Å². The van der Waals surface area contributed by atoms with Crippen LogP contribution in [0.1, 0.15) is 22.6 Å². The first-order valence-electron chi connectivity index (χ1n) is 9.74. The summed E-state index contributed by atoms with van der Waals surface area (Å²) in [6.45, 7) is 0. The summed E-state index contributed by atoms with van der Waals surface area (Å²) in [6.07, 6.45) is 1.59. The van der Waals surface area contributed by atoms with E-state index in [1.165, 1.54) is 0 Å². The Balaban J connectivity index is 1.61. The number of hydrogen-bond donors (Lipinski definition) is 1. The third-order valence-corrected chi connectivity index (χ3v) is 5.68. The Morgan fingerprint density at radius 2 is 1.77 bits per heavy atom. The van der Waals surface area contributed by atoms with Crippen molar-refractivity contribution >= 4 is 17.2 Å². The number of aromatic nitrogens is 4. The molecule has 1 N–H and O–H groups in total. The van der Waals surface area contributed by atoms with Crippen LogP contribution < -0.4 is 4.74 Å². The number of fused-ring (bicyclic) bond motifs is 4. The normalized spacial score (nSPS) is 14.7. The summed E-state index contributed by atoms with van der Waals surface area (Å²) >= 11 is 6.03. The van der Waals surface area contributed by atoms with Gasteiger partial charge in [-0.25, -0.2) is 14.5 Å². The Kier molecular flexibility index (Phi) is 3.94. The standard InChI is InChI=1S/C24H15ClN4O2/c25-16-8-6-15(7-9-16)22-27-23-21-20(14-4-2-1-3-5-14)18-11-10-17(30)12-19(18)31-24(21)26-13-29(23)28-22/h1-13,20,30H/t20-/m1/s1. The number of phenols is 1. The minimum Gasteiger partial charge on any atom is -0.508 e. The van der Waals surface area contributed by atoms with Crippen molar-refractivity contribution in [2.75, 3.05) is 0 Å². The maximum Gasteiger partial charge on any atom is 0.228 e. The van der Waals surface area contributed by atoms with Crippen LogP contribution in [0.25, 0.3) is 17.0 Å². The predicted octanol–water partition coefficient (Wildman–Crippen LogP) is 5.44. The fourth-order valence-corrected chi connectivity index (χ4v) is 4.14. The second-order valence-electron chi connectivity index (χ2n) is 7.34. The maximum absolute atomic E-state index is 9.98. The van der Waals surface area contributed by atoms with Crippen molar-refractivity contribution in [1.29, 1.82) is 0 Å². The van der Waals surface area contributed by atoms with Gasteiger partial charge in [0.2, 0.25) is 5.88 Å².